The van der Waals surface area contributed by atoms with Gasteiger partial charge in [0.15, 0.2) is 0 Å². The Morgan fingerprint density at radius 3 is 2.24 bits per heavy atom. The molecule has 1 fully saturated rings. The number of alkyl halides is 2. The number of piperazine rings is 1. The molecule has 1 saturated heterocycles. The zero-order chi connectivity index (χ0) is 16.0. The number of carbonyl (C=O) groups excluding carboxylic acids is 1. The number of carboxylic acid groups (broad SMARTS) is 1. The number of halogens is 2. The number of amides is 2. The zero-order valence-electron chi connectivity index (χ0n) is 11.9. The smallest absolute Gasteiger partial charge is 0.320 e. The maximum absolute atomic E-state index is 12.4. The van der Waals surface area contributed by atoms with Crippen LogP contribution < -0.4 is 0 Å². The van der Waals surface area contributed by atoms with Gasteiger partial charge in [-0.1, -0.05) is 0 Å². The molecule has 0 aromatic carbocycles. The molecule has 1 heterocycles. The van der Waals surface area contributed by atoms with Crippen molar-refractivity contribution in [3.8, 4) is 0 Å². The van der Waals surface area contributed by atoms with Crippen LogP contribution in [0.25, 0.3) is 0 Å². The number of rotatable bonds is 6. The summed E-state index contributed by atoms with van der Waals surface area (Å²) in [6.07, 6.45) is -2.66. The van der Waals surface area contributed by atoms with E-state index in [0.29, 0.717) is 13.1 Å². The number of aliphatic carboxylic acids is 1. The second-order valence-corrected chi connectivity index (χ2v) is 4.88. The summed E-state index contributed by atoms with van der Waals surface area (Å²) in [6, 6.07) is -1.19. The molecule has 1 rings (SSSR count). The van der Waals surface area contributed by atoms with Crippen molar-refractivity contribution in [3.05, 3.63) is 0 Å². The van der Waals surface area contributed by atoms with Crippen molar-refractivity contribution in [2.24, 2.45) is 0 Å². The summed E-state index contributed by atoms with van der Waals surface area (Å²) in [5.41, 5.74) is 0. The minimum atomic E-state index is -2.66. The van der Waals surface area contributed by atoms with Crippen LogP contribution in [0, 0.1) is 0 Å². The van der Waals surface area contributed by atoms with E-state index in [1.165, 1.54) is 4.90 Å². The van der Waals surface area contributed by atoms with Crippen LogP contribution in [0.3, 0.4) is 0 Å². The van der Waals surface area contributed by atoms with Gasteiger partial charge < -0.3 is 20.0 Å². The molecule has 0 saturated carbocycles. The lowest BCUT2D eigenvalue weighted by molar-refractivity contribution is -0.143. The monoisotopic (exact) mass is 309 g/mol. The van der Waals surface area contributed by atoms with Crippen LogP contribution in [0.1, 0.15) is 6.92 Å². The van der Waals surface area contributed by atoms with Crippen molar-refractivity contribution in [2.75, 3.05) is 45.9 Å². The van der Waals surface area contributed by atoms with Crippen molar-refractivity contribution in [2.45, 2.75) is 19.4 Å². The number of urea groups is 1. The molecule has 0 aliphatic carbocycles. The molecule has 1 aliphatic heterocycles. The van der Waals surface area contributed by atoms with E-state index in [2.05, 4.69) is 0 Å². The summed E-state index contributed by atoms with van der Waals surface area (Å²) < 4.78 is 24.8. The van der Waals surface area contributed by atoms with E-state index >= 15 is 0 Å². The maximum Gasteiger partial charge on any atom is 0.320 e. The van der Waals surface area contributed by atoms with Gasteiger partial charge in [0.05, 0.1) is 13.2 Å². The van der Waals surface area contributed by atoms with Gasteiger partial charge in [0.2, 0.25) is 0 Å². The predicted octanol–water partition coefficient (Wildman–Crippen LogP) is -0.243. The van der Waals surface area contributed by atoms with Crippen LogP contribution in [0.15, 0.2) is 0 Å². The fourth-order valence-corrected chi connectivity index (χ4v) is 2.21. The van der Waals surface area contributed by atoms with Crippen LogP contribution in [0.2, 0.25) is 0 Å². The normalized spacial score (nSPS) is 17.9. The maximum atomic E-state index is 12.4. The summed E-state index contributed by atoms with van der Waals surface area (Å²) in [7, 11) is 0. The Balaban J connectivity index is 2.55. The van der Waals surface area contributed by atoms with E-state index in [1.807, 2.05) is 0 Å². The Labute approximate surface area is 121 Å². The Bertz CT molecular complexity index is 362. The lowest BCUT2D eigenvalue weighted by Crippen LogP contribution is -2.56. The number of nitrogens with zero attached hydrogens (tertiary/aromatic N) is 3. The highest BCUT2D eigenvalue weighted by atomic mass is 19.3. The molecule has 9 heteroatoms. The average Bonchev–Trinajstić information content (AvgIpc) is 2.45. The lowest BCUT2D eigenvalue weighted by Gasteiger charge is -2.38. The first-order valence-corrected chi connectivity index (χ1v) is 6.76. The fourth-order valence-electron chi connectivity index (χ4n) is 2.21. The third-order valence-electron chi connectivity index (χ3n) is 3.49. The highest BCUT2D eigenvalue weighted by molar-refractivity contribution is 5.75. The van der Waals surface area contributed by atoms with Crippen molar-refractivity contribution >= 4 is 12.0 Å². The molecule has 2 amide bonds. The van der Waals surface area contributed by atoms with Gasteiger partial charge in [0, 0.05) is 32.7 Å². The zero-order valence-corrected chi connectivity index (χ0v) is 11.9. The van der Waals surface area contributed by atoms with Crippen molar-refractivity contribution in [3.63, 3.8) is 0 Å². The van der Waals surface area contributed by atoms with Gasteiger partial charge >= 0.3 is 12.0 Å². The fraction of sp³-hybridized carbons (Fsp3) is 0.833. The summed E-state index contributed by atoms with van der Waals surface area (Å²) >= 11 is 0. The highest BCUT2D eigenvalue weighted by Gasteiger charge is 2.29. The van der Waals surface area contributed by atoms with E-state index in [9.17, 15) is 18.4 Å². The number of hydrogen-bond acceptors (Lipinski definition) is 4. The molecule has 7 nitrogen and oxygen atoms in total. The van der Waals surface area contributed by atoms with Gasteiger partial charge in [-0.2, -0.15) is 0 Å². The molecule has 0 spiro atoms. The first-order chi connectivity index (χ1) is 9.86. The highest BCUT2D eigenvalue weighted by Crippen LogP contribution is 2.10. The number of aliphatic hydroxyl groups excluding tert-OH is 1. The van der Waals surface area contributed by atoms with Crippen LogP contribution in [-0.4, -0.2) is 95.3 Å². The second kappa shape index (κ2) is 8.08. The summed E-state index contributed by atoms with van der Waals surface area (Å²) in [6.45, 7) is 1.63. The summed E-state index contributed by atoms with van der Waals surface area (Å²) in [5, 5.41) is 17.8. The topological polar surface area (TPSA) is 84.3 Å². The Morgan fingerprint density at radius 2 is 1.81 bits per heavy atom. The molecular weight excluding hydrogens is 288 g/mol. The molecule has 122 valence electrons. The number of carbonyl (C=O) groups is 2. The van der Waals surface area contributed by atoms with Crippen LogP contribution >= 0.6 is 0 Å². The van der Waals surface area contributed by atoms with Crippen LogP contribution in [0.4, 0.5) is 13.6 Å². The number of hydrogen-bond donors (Lipinski definition) is 2. The minimum absolute atomic E-state index is 0.144. The molecule has 2 N–H and O–H groups in total. The van der Waals surface area contributed by atoms with Crippen molar-refractivity contribution in [1.29, 1.82) is 0 Å². The molecule has 21 heavy (non-hydrogen) atoms. The number of carboxylic acids is 1. The minimum Gasteiger partial charge on any atom is -0.480 e. The molecular formula is C12H21F2N3O4. The molecule has 1 atom stereocenters. The Kier molecular flexibility index (Phi) is 6.76. The van der Waals surface area contributed by atoms with Crippen LogP contribution in [0.5, 0.6) is 0 Å². The van der Waals surface area contributed by atoms with E-state index in [0.717, 1.165) is 4.90 Å². The van der Waals surface area contributed by atoms with Crippen molar-refractivity contribution < 1.29 is 28.6 Å². The van der Waals surface area contributed by atoms with E-state index in [1.54, 1.807) is 11.8 Å². The van der Waals surface area contributed by atoms with Gasteiger partial charge in [-0.15, -0.1) is 0 Å². The summed E-state index contributed by atoms with van der Waals surface area (Å²) in [4.78, 5) is 27.0. The first kappa shape index (κ1) is 17.6. The van der Waals surface area contributed by atoms with E-state index in [4.69, 9.17) is 10.2 Å². The second-order valence-electron chi connectivity index (χ2n) is 4.88. The Morgan fingerprint density at radius 1 is 1.24 bits per heavy atom. The van der Waals surface area contributed by atoms with Gasteiger partial charge in [0.25, 0.3) is 6.43 Å². The lowest BCUT2D eigenvalue weighted by atomic mass is 10.2. The van der Waals surface area contributed by atoms with E-state index in [-0.39, 0.29) is 26.2 Å². The Hall–Kier alpha value is -1.48. The SMILES string of the molecule is CC(C(=O)O)N1CCN(C(=O)N(CCO)CC(F)F)CC1. The molecule has 0 aromatic heterocycles. The third-order valence-corrected chi connectivity index (χ3v) is 3.49. The quantitative estimate of drug-likeness (QED) is 0.707. The predicted molar refractivity (Wildman–Crippen MR) is 70.3 cm³/mol. The standard InChI is InChI=1S/C12H21F2N3O4/c1-9(11(19)20)15-2-4-16(5-3-15)12(21)17(6-7-18)8-10(13)14/h9-10,18H,2-8H2,1H3,(H,19,20). The first-order valence-electron chi connectivity index (χ1n) is 6.76. The van der Waals surface area contributed by atoms with E-state index < -0.39 is 31.0 Å². The van der Waals surface area contributed by atoms with Crippen molar-refractivity contribution in [1.82, 2.24) is 14.7 Å². The largest absolute Gasteiger partial charge is 0.480 e. The summed E-state index contributed by atoms with van der Waals surface area (Å²) in [5.74, 6) is -0.936. The van der Waals surface area contributed by atoms with Gasteiger partial charge in [-0.25, -0.2) is 13.6 Å². The van der Waals surface area contributed by atoms with Crippen LogP contribution in [-0.2, 0) is 4.79 Å². The molecule has 0 bridgehead atoms. The van der Waals surface area contributed by atoms with Gasteiger partial charge in [-0.3, -0.25) is 9.69 Å². The molecule has 1 aliphatic rings. The average molecular weight is 309 g/mol. The molecule has 0 radical (unpaired) electrons. The van der Waals surface area contributed by atoms with Gasteiger partial charge in [-0.05, 0) is 6.92 Å². The third kappa shape index (κ3) is 5.09. The van der Waals surface area contributed by atoms with Gasteiger partial charge in [0.1, 0.15) is 6.04 Å². The molecule has 0 aromatic rings. The number of aliphatic hydroxyl groups is 1. The molecule has 1 unspecified atom stereocenters.